The molecule has 1 saturated carbocycles. The van der Waals surface area contributed by atoms with E-state index in [9.17, 15) is 19.7 Å². The number of nitro benzene ring substituents is 1. The lowest BCUT2D eigenvalue weighted by molar-refractivity contribution is -0.383. The highest BCUT2D eigenvalue weighted by atomic mass is 16.6. The number of methoxy groups -OCH3 is 2. The van der Waals surface area contributed by atoms with E-state index in [0.717, 1.165) is 16.9 Å². The first-order valence-electron chi connectivity index (χ1n) is 11.2. The van der Waals surface area contributed by atoms with Gasteiger partial charge in [0, 0.05) is 12.6 Å². The average Bonchev–Trinajstić information content (AvgIpc) is 3.52. The van der Waals surface area contributed by atoms with E-state index in [1.54, 1.807) is 26.4 Å². The van der Waals surface area contributed by atoms with Crippen LogP contribution in [0.4, 0.5) is 17.1 Å². The summed E-state index contributed by atoms with van der Waals surface area (Å²) in [5.74, 6) is 0.216. The van der Waals surface area contributed by atoms with E-state index in [1.165, 1.54) is 6.07 Å². The third-order valence-electron chi connectivity index (χ3n) is 7.08. The zero-order valence-corrected chi connectivity index (χ0v) is 18.9. The maximum absolute atomic E-state index is 13.0. The first kappa shape index (κ1) is 21.9. The Morgan fingerprint density at radius 2 is 1.68 bits per heavy atom. The molecule has 0 spiro atoms. The van der Waals surface area contributed by atoms with E-state index in [-0.39, 0.29) is 46.9 Å². The van der Waals surface area contributed by atoms with Gasteiger partial charge in [-0.1, -0.05) is 18.2 Å². The summed E-state index contributed by atoms with van der Waals surface area (Å²) in [5.41, 5.74) is 1.38. The molecule has 1 N–H and O–H groups in total. The lowest BCUT2D eigenvalue weighted by Crippen LogP contribution is -2.32. The summed E-state index contributed by atoms with van der Waals surface area (Å²) in [7, 11) is 3.13. The van der Waals surface area contributed by atoms with Gasteiger partial charge in [-0.05, 0) is 54.5 Å². The highest BCUT2D eigenvalue weighted by Crippen LogP contribution is 2.53. The lowest BCUT2D eigenvalue weighted by Gasteiger charge is -2.18. The van der Waals surface area contributed by atoms with Gasteiger partial charge in [0.2, 0.25) is 11.8 Å². The number of fused-ring (bicyclic) bond motifs is 5. The molecule has 1 heterocycles. The molecule has 2 aromatic carbocycles. The van der Waals surface area contributed by atoms with E-state index >= 15 is 0 Å². The Hall–Kier alpha value is -3.88. The highest BCUT2D eigenvalue weighted by Gasteiger charge is 2.59. The SMILES string of the molecule is COc1ccc(CCNc2ccc(N3C(=O)[C@H]4[C@H](C3=O)[C@H]3C=C[C@H]4C3)cc2[N+](=O)[O-])cc1OC. The van der Waals surface area contributed by atoms with Gasteiger partial charge in [-0.15, -0.1) is 0 Å². The van der Waals surface area contributed by atoms with Gasteiger partial charge < -0.3 is 14.8 Å². The van der Waals surface area contributed by atoms with Gasteiger partial charge in [-0.25, -0.2) is 4.90 Å². The van der Waals surface area contributed by atoms with Gasteiger partial charge in [0.15, 0.2) is 11.5 Å². The van der Waals surface area contributed by atoms with Crippen molar-refractivity contribution in [2.45, 2.75) is 12.8 Å². The number of amides is 2. The van der Waals surface area contributed by atoms with Crippen molar-refractivity contribution in [1.29, 1.82) is 0 Å². The molecule has 34 heavy (non-hydrogen) atoms. The van der Waals surface area contributed by atoms with Gasteiger partial charge in [0.25, 0.3) is 5.69 Å². The van der Waals surface area contributed by atoms with Crippen LogP contribution in [-0.2, 0) is 16.0 Å². The molecule has 176 valence electrons. The second kappa shape index (κ2) is 8.48. The number of nitrogens with one attached hydrogen (secondary N) is 1. The molecule has 0 aromatic heterocycles. The molecule has 9 nitrogen and oxygen atoms in total. The van der Waals surface area contributed by atoms with Crippen molar-refractivity contribution in [2.75, 3.05) is 31.0 Å². The van der Waals surface area contributed by atoms with Crippen LogP contribution in [-0.4, -0.2) is 37.5 Å². The van der Waals surface area contributed by atoms with Crippen molar-refractivity contribution in [2.24, 2.45) is 23.7 Å². The van der Waals surface area contributed by atoms with Crippen LogP contribution in [0.1, 0.15) is 12.0 Å². The fourth-order valence-corrected chi connectivity index (χ4v) is 5.49. The largest absolute Gasteiger partial charge is 0.493 e. The van der Waals surface area contributed by atoms with E-state index in [2.05, 4.69) is 5.32 Å². The van der Waals surface area contributed by atoms with Crippen molar-refractivity contribution in [3.63, 3.8) is 0 Å². The number of allylic oxidation sites excluding steroid dienone is 2. The minimum Gasteiger partial charge on any atom is -0.493 e. The predicted octanol–water partition coefficient (Wildman–Crippen LogP) is 3.58. The van der Waals surface area contributed by atoms with Gasteiger partial charge >= 0.3 is 0 Å². The van der Waals surface area contributed by atoms with Crippen molar-refractivity contribution in [3.8, 4) is 11.5 Å². The minimum absolute atomic E-state index is 0.0870. The van der Waals surface area contributed by atoms with Crippen molar-refractivity contribution >= 4 is 28.9 Å². The molecule has 4 atom stereocenters. The maximum atomic E-state index is 13.0. The van der Waals surface area contributed by atoms with Gasteiger partial charge in [0.1, 0.15) is 5.69 Å². The van der Waals surface area contributed by atoms with Crippen LogP contribution in [0.2, 0.25) is 0 Å². The Balaban J connectivity index is 1.32. The summed E-state index contributed by atoms with van der Waals surface area (Å²) in [5, 5.41) is 14.9. The summed E-state index contributed by atoms with van der Waals surface area (Å²) in [6.07, 6.45) is 5.48. The summed E-state index contributed by atoms with van der Waals surface area (Å²) in [6, 6.07) is 10.0. The number of anilines is 2. The topological polar surface area (TPSA) is 111 Å². The fourth-order valence-electron chi connectivity index (χ4n) is 5.49. The van der Waals surface area contributed by atoms with Crippen LogP contribution in [0, 0.1) is 33.8 Å². The number of nitro groups is 1. The number of carbonyl (C=O) groups is 2. The molecule has 2 bridgehead atoms. The maximum Gasteiger partial charge on any atom is 0.294 e. The van der Waals surface area contributed by atoms with Crippen LogP contribution in [0.3, 0.4) is 0 Å². The van der Waals surface area contributed by atoms with E-state index in [4.69, 9.17) is 9.47 Å². The molecule has 2 fully saturated rings. The molecule has 5 rings (SSSR count). The van der Waals surface area contributed by atoms with E-state index < -0.39 is 4.92 Å². The van der Waals surface area contributed by atoms with E-state index in [1.807, 2.05) is 30.4 Å². The number of rotatable bonds is 8. The molecule has 0 unspecified atom stereocenters. The van der Waals surface area contributed by atoms with Crippen LogP contribution < -0.4 is 19.7 Å². The first-order chi connectivity index (χ1) is 16.4. The standard InChI is InChI=1S/C25H25N3O6/c1-33-20-8-3-14(11-21(20)34-2)9-10-26-18-7-6-17(13-19(18)28(31)32)27-24(29)22-15-4-5-16(12-15)23(22)25(27)30/h3-8,11,13,15-16,22-23,26H,9-10,12H2,1-2H3/t15-,16-,22+,23+/m0/s1. The molecule has 9 heteroatoms. The summed E-state index contributed by atoms with van der Waals surface area (Å²) >= 11 is 0. The van der Waals surface area contributed by atoms with E-state index in [0.29, 0.717) is 30.2 Å². The molecule has 0 radical (unpaired) electrons. The molecule has 2 aliphatic carbocycles. The third kappa shape index (κ3) is 3.48. The number of benzene rings is 2. The summed E-state index contributed by atoms with van der Waals surface area (Å²) < 4.78 is 10.6. The molecule has 2 aromatic rings. The van der Waals surface area contributed by atoms with Crippen LogP contribution in [0.15, 0.2) is 48.6 Å². The van der Waals surface area contributed by atoms with Crippen molar-refractivity contribution in [3.05, 3.63) is 64.2 Å². The Morgan fingerprint density at radius 3 is 2.29 bits per heavy atom. The van der Waals surface area contributed by atoms with Gasteiger partial charge in [-0.3, -0.25) is 19.7 Å². The Morgan fingerprint density at radius 1 is 1.00 bits per heavy atom. The molecule has 2 amide bonds. The van der Waals surface area contributed by atoms with Gasteiger partial charge in [0.05, 0.1) is 36.7 Å². The fraction of sp³-hybridized carbons (Fsp3) is 0.360. The van der Waals surface area contributed by atoms with Crippen molar-refractivity contribution in [1.82, 2.24) is 0 Å². The second-order valence-corrected chi connectivity index (χ2v) is 8.84. The smallest absolute Gasteiger partial charge is 0.294 e. The number of carbonyl (C=O) groups excluding carboxylic acids is 2. The number of hydrogen-bond acceptors (Lipinski definition) is 7. The minimum atomic E-state index is -0.501. The first-order valence-corrected chi connectivity index (χ1v) is 11.2. The monoisotopic (exact) mass is 463 g/mol. The predicted molar refractivity (Wildman–Crippen MR) is 125 cm³/mol. The molecular weight excluding hydrogens is 438 g/mol. The molecule has 1 saturated heterocycles. The molecule has 3 aliphatic rings. The summed E-state index contributed by atoms with van der Waals surface area (Å²) in [6.45, 7) is 0.441. The number of nitrogens with zero attached hydrogens (tertiary/aromatic N) is 2. The normalized spacial score (nSPS) is 24.5. The Labute approximate surface area is 196 Å². The highest BCUT2D eigenvalue weighted by molar-refractivity contribution is 6.23. The molecule has 1 aliphatic heterocycles. The van der Waals surface area contributed by atoms with Crippen LogP contribution in [0.25, 0.3) is 0 Å². The Bertz CT molecular complexity index is 1180. The zero-order chi connectivity index (χ0) is 24.0. The average molecular weight is 463 g/mol. The number of hydrogen-bond donors (Lipinski definition) is 1. The van der Waals surface area contributed by atoms with Gasteiger partial charge in [-0.2, -0.15) is 0 Å². The molecular formula is C25H25N3O6. The Kier molecular flexibility index (Phi) is 5.47. The number of ether oxygens (including phenoxy) is 2. The van der Waals surface area contributed by atoms with Crippen molar-refractivity contribution < 1.29 is 24.0 Å². The quantitative estimate of drug-likeness (QED) is 0.276. The second-order valence-electron chi connectivity index (χ2n) is 8.84. The number of imide groups is 1. The zero-order valence-electron chi connectivity index (χ0n) is 18.9. The van der Waals surface area contributed by atoms with Crippen LogP contribution >= 0.6 is 0 Å². The third-order valence-corrected chi connectivity index (χ3v) is 7.08. The lowest BCUT2D eigenvalue weighted by atomic mass is 9.85. The van der Waals surface area contributed by atoms with Crippen LogP contribution in [0.5, 0.6) is 11.5 Å². The summed E-state index contributed by atoms with van der Waals surface area (Å²) in [4.78, 5) is 38.5.